The zero-order valence-corrected chi connectivity index (χ0v) is 16.0. The number of carbonyl (C=O) groups is 1. The highest BCUT2D eigenvalue weighted by Crippen LogP contribution is 2.13. The van der Waals surface area contributed by atoms with E-state index in [0.717, 1.165) is 19.5 Å². The van der Waals surface area contributed by atoms with Crippen LogP contribution < -0.4 is 5.32 Å². The van der Waals surface area contributed by atoms with Gasteiger partial charge in [-0.1, -0.05) is 0 Å². The minimum atomic E-state index is -0.424. The highest BCUT2D eigenvalue weighted by atomic mass is 16.6. The van der Waals surface area contributed by atoms with Gasteiger partial charge in [0, 0.05) is 25.7 Å². The minimum Gasteiger partial charge on any atom is -0.444 e. The van der Waals surface area contributed by atoms with Crippen LogP contribution in [-0.2, 0) is 4.74 Å². The largest absolute Gasteiger partial charge is 0.444 e. The topological polar surface area (TPSA) is 44.8 Å². The van der Waals surface area contributed by atoms with Crippen LogP contribution in [0, 0.1) is 0 Å². The van der Waals surface area contributed by atoms with Crippen molar-refractivity contribution in [1.82, 2.24) is 15.1 Å². The van der Waals surface area contributed by atoms with Gasteiger partial charge in [0.2, 0.25) is 0 Å². The van der Waals surface area contributed by atoms with Gasteiger partial charge < -0.3 is 19.9 Å². The predicted octanol–water partition coefficient (Wildman–Crippen LogP) is 3.10. The molecule has 5 nitrogen and oxygen atoms in total. The van der Waals surface area contributed by atoms with E-state index in [4.69, 9.17) is 4.74 Å². The van der Waals surface area contributed by atoms with E-state index in [-0.39, 0.29) is 6.09 Å². The molecule has 0 bridgehead atoms. The van der Waals surface area contributed by atoms with Crippen LogP contribution in [-0.4, -0.2) is 66.8 Å². The van der Waals surface area contributed by atoms with Gasteiger partial charge >= 0.3 is 6.09 Å². The van der Waals surface area contributed by atoms with E-state index in [1.807, 2.05) is 20.8 Å². The maximum atomic E-state index is 11.9. The molecular weight excluding hydrogens is 290 g/mol. The molecule has 1 saturated heterocycles. The van der Waals surface area contributed by atoms with Crippen molar-refractivity contribution in [2.45, 2.75) is 78.0 Å². The molecule has 1 unspecified atom stereocenters. The molecule has 0 aliphatic carbocycles. The summed E-state index contributed by atoms with van der Waals surface area (Å²) >= 11 is 0. The smallest absolute Gasteiger partial charge is 0.410 e. The molecule has 1 heterocycles. The molecule has 0 saturated carbocycles. The first kappa shape index (κ1) is 20.2. The summed E-state index contributed by atoms with van der Waals surface area (Å²) in [6.07, 6.45) is 4.47. The number of hydrogen-bond donors (Lipinski definition) is 1. The highest BCUT2D eigenvalue weighted by Gasteiger charge is 2.20. The number of rotatable bonds is 6. The standard InChI is InChI=1S/C18H37N3O2/c1-15(2)21-13-7-9-16(10-14-21)19-11-8-12-20(6)17(22)23-18(3,4)5/h15-16,19H,7-14H2,1-6H3. The third-order valence-electron chi connectivity index (χ3n) is 4.30. The molecule has 1 rings (SSSR count). The number of nitrogens with one attached hydrogen (secondary N) is 1. The van der Waals surface area contributed by atoms with Crippen molar-refractivity contribution in [3.05, 3.63) is 0 Å². The number of nitrogens with zero attached hydrogens (tertiary/aromatic N) is 2. The van der Waals surface area contributed by atoms with Crippen molar-refractivity contribution in [3.8, 4) is 0 Å². The van der Waals surface area contributed by atoms with Crippen LogP contribution >= 0.6 is 0 Å². The Balaban J connectivity index is 2.18. The Morgan fingerprint density at radius 1 is 1.30 bits per heavy atom. The van der Waals surface area contributed by atoms with Crippen molar-refractivity contribution in [2.24, 2.45) is 0 Å². The Hall–Kier alpha value is -0.810. The Morgan fingerprint density at radius 3 is 2.61 bits per heavy atom. The lowest BCUT2D eigenvalue weighted by Gasteiger charge is -2.25. The van der Waals surface area contributed by atoms with E-state index in [1.165, 1.54) is 32.4 Å². The van der Waals surface area contributed by atoms with E-state index in [9.17, 15) is 4.79 Å². The van der Waals surface area contributed by atoms with E-state index in [1.54, 1.807) is 11.9 Å². The quantitative estimate of drug-likeness (QED) is 0.762. The highest BCUT2D eigenvalue weighted by molar-refractivity contribution is 5.67. The van der Waals surface area contributed by atoms with Gasteiger partial charge in [-0.3, -0.25) is 0 Å². The predicted molar refractivity (Wildman–Crippen MR) is 95.8 cm³/mol. The van der Waals surface area contributed by atoms with Gasteiger partial charge in [0.05, 0.1) is 0 Å². The lowest BCUT2D eigenvalue weighted by molar-refractivity contribution is 0.0297. The number of likely N-dealkylation sites (tertiary alicyclic amines) is 1. The Morgan fingerprint density at radius 2 is 2.00 bits per heavy atom. The SMILES string of the molecule is CC(C)N1CCCC(NCCCN(C)C(=O)OC(C)(C)C)CC1. The van der Waals surface area contributed by atoms with Crippen LogP contribution in [0.4, 0.5) is 4.79 Å². The summed E-state index contributed by atoms with van der Waals surface area (Å²) in [6, 6.07) is 1.27. The summed E-state index contributed by atoms with van der Waals surface area (Å²) in [6.45, 7) is 14.3. The fraction of sp³-hybridized carbons (Fsp3) is 0.944. The fourth-order valence-corrected chi connectivity index (χ4v) is 2.89. The van der Waals surface area contributed by atoms with Gasteiger partial charge in [0.15, 0.2) is 0 Å². The molecule has 1 atom stereocenters. The second-order valence-corrected chi connectivity index (χ2v) is 7.97. The number of hydrogen-bond acceptors (Lipinski definition) is 4. The van der Waals surface area contributed by atoms with E-state index in [2.05, 4.69) is 24.1 Å². The summed E-state index contributed by atoms with van der Waals surface area (Å²) in [5.41, 5.74) is -0.424. The minimum absolute atomic E-state index is 0.237. The molecule has 1 amide bonds. The summed E-state index contributed by atoms with van der Waals surface area (Å²) in [5.74, 6) is 0. The average molecular weight is 328 g/mol. The van der Waals surface area contributed by atoms with E-state index < -0.39 is 5.60 Å². The van der Waals surface area contributed by atoms with Gasteiger partial charge in [-0.05, 0) is 79.9 Å². The molecule has 0 spiro atoms. The van der Waals surface area contributed by atoms with Crippen molar-refractivity contribution < 1.29 is 9.53 Å². The monoisotopic (exact) mass is 327 g/mol. The molecule has 136 valence electrons. The molecule has 5 heteroatoms. The zero-order valence-electron chi connectivity index (χ0n) is 16.0. The van der Waals surface area contributed by atoms with Crippen LogP contribution in [0.5, 0.6) is 0 Å². The maximum absolute atomic E-state index is 11.9. The molecule has 1 N–H and O–H groups in total. The van der Waals surface area contributed by atoms with Crippen molar-refractivity contribution in [3.63, 3.8) is 0 Å². The molecule has 1 aliphatic heterocycles. The Kier molecular flexibility index (Phi) is 8.34. The van der Waals surface area contributed by atoms with Crippen LogP contribution in [0.2, 0.25) is 0 Å². The van der Waals surface area contributed by atoms with Crippen LogP contribution in [0.1, 0.15) is 60.3 Å². The fourth-order valence-electron chi connectivity index (χ4n) is 2.89. The second kappa shape index (κ2) is 9.48. The first-order chi connectivity index (χ1) is 10.7. The first-order valence-corrected chi connectivity index (χ1v) is 9.10. The van der Waals surface area contributed by atoms with Gasteiger partial charge in [-0.25, -0.2) is 4.79 Å². The molecule has 1 fully saturated rings. The Bertz CT molecular complexity index is 353. The molecule has 23 heavy (non-hydrogen) atoms. The number of carbonyl (C=O) groups excluding carboxylic acids is 1. The van der Waals surface area contributed by atoms with Crippen LogP contribution in [0.25, 0.3) is 0 Å². The van der Waals surface area contributed by atoms with Crippen molar-refractivity contribution >= 4 is 6.09 Å². The van der Waals surface area contributed by atoms with Gasteiger partial charge in [0.1, 0.15) is 5.60 Å². The van der Waals surface area contributed by atoms with Crippen molar-refractivity contribution in [1.29, 1.82) is 0 Å². The van der Waals surface area contributed by atoms with Crippen LogP contribution in [0.3, 0.4) is 0 Å². The van der Waals surface area contributed by atoms with E-state index in [0.29, 0.717) is 12.1 Å². The lowest BCUT2D eigenvalue weighted by atomic mass is 10.1. The molecule has 0 aromatic carbocycles. The molecular formula is C18H37N3O2. The zero-order chi connectivity index (χ0) is 17.5. The van der Waals surface area contributed by atoms with Crippen LogP contribution in [0.15, 0.2) is 0 Å². The average Bonchev–Trinajstić information content (AvgIpc) is 2.67. The summed E-state index contributed by atoms with van der Waals surface area (Å²) < 4.78 is 5.36. The lowest BCUT2D eigenvalue weighted by Crippen LogP contribution is -2.37. The van der Waals surface area contributed by atoms with E-state index >= 15 is 0 Å². The summed E-state index contributed by atoms with van der Waals surface area (Å²) in [7, 11) is 1.81. The number of amides is 1. The molecule has 0 radical (unpaired) electrons. The normalized spacial score (nSPS) is 20.4. The maximum Gasteiger partial charge on any atom is 0.410 e. The third-order valence-corrected chi connectivity index (χ3v) is 4.30. The summed E-state index contributed by atoms with van der Waals surface area (Å²) in [4.78, 5) is 16.1. The Labute approximate surface area is 142 Å². The summed E-state index contributed by atoms with van der Waals surface area (Å²) in [5, 5.41) is 3.66. The molecule has 1 aliphatic rings. The first-order valence-electron chi connectivity index (χ1n) is 9.10. The molecule has 0 aromatic rings. The van der Waals surface area contributed by atoms with Gasteiger partial charge in [-0.15, -0.1) is 0 Å². The van der Waals surface area contributed by atoms with Gasteiger partial charge in [-0.2, -0.15) is 0 Å². The van der Waals surface area contributed by atoms with Gasteiger partial charge in [0.25, 0.3) is 0 Å². The molecule has 0 aromatic heterocycles. The van der Waals surface area contributed by atoms with Crippen molar-refractivity contribution in [2.75, 3.05) is 33.2 Å². The third kappa shape index (κ3) is 8.56. The number of ether oxygens (including phenoxy) is 1. The second-order valence-electron chi connectivity index (χ2n) is 7.97.